The molecular weight excluding hydrogens is 160 g/mol. The summed E-state index contributed by atoms with van der Waals surface area (Å²) in [4.78, 5) is 0. The molecule has 0 spiro atoms. The van der Waals surface area contributed by atoms with Gasteiger partial charge in [0, 0.05) is 0 Å². The van der Waals surface area contributed by atoms with Gasteiger partial charge >= 0.3 is 0 Å². The summed E-state index contributed by atoms with van der Waals surface area (Å²) < 4.78 is 5.90. The Hall–Kier alpha value is -0.0400. The van der Waals surface area contributed by atoms with Crippen molar-refractivity contribution in [2.75, 3.05) is 6.61 Å². The maximum atomic E-state index is 5.90. The Morgan fingerprint density at radius 1 is 1.23 bits per heavy atom. The van der Waals surface area contributed by atoms with Crippen molar-refractivity contribution in [1.82, 2.24) is 0 Å². The molecule has 0 N–H and O–H groups in total. The highest BCUT2D eigenvalue weighted by molar-refractivity contribution is 4.78. The molecule has 0 aromatic rings. The number of hydrogen-bond donors (Lipinski definition) is 0. The molecule has 2 unspecified atom stereocenters. The molecule has 1 saturated carbocycles. The van der Waals surface area contributed by atoms with E-state index in [9.17, 15) is 0 Å². The smallest absolute Gasteiger partial charge is 0.0603 e. The molecule has 1 heteroatoms. The maximum Gasteiger partial charge on any atom is 0.0603 e. The van der Waals surface area contributed by atoms with Crippen LogP contribution < -0.4 is 0 Å². The fraction of sp³-hybridized carbons (Fsp3) is 0.917. The molecule has 0 aromatic carbocycles. The molecule has 0 aromatic heterocycles. The van der Waals surface area contributed by atoms with Crippen molar-refractivity contribution in [1.29, 1.82) is 0 Å². The fourth-order valence-corrected chi connectivity index (χ4v) is 1.75. The third-order valence-electron chi connectivity index (χ3n) is 2.57. The summed E-state index contributed by atoms with van der Waals surface area (Å²) in [6, 6.07) is 0. The first-order valence-corrected chi connectivity index (χ1v) is 5.44. The number of rotatable bonds is 2. The Kier molecular flexibility index (Phi) is 3.78. The van der Waals surface area contributed by atoms with E-state index < -0.39 is 0 Å². The van der Waals surface area contributed by atoms with E-state index in [1.54, 1.807) is 0 Å². The van der Waals surface area contributed by atoms with Gasteiger partial charge in [-0.1, -0.05) is 33.6 Å². The second kappa shape index (κ2) is 4.45. The van der Waals surface area contributed by atoms with E-state index in [-0.39, 0.29) is 5.41 Å². The molecular formula is C12H23O. The van der Waals surface area contributed by atoms with Crippen molar-refractivity contribution in [3.63, 3.8) is 0 Å². The Morgan fingerprint density at radius 2 is 1.85 bits per heavy atom. The molecule has 1 radical (unpaired) electrons. The summed E-state index contributed by atoms with van der Waals surface area (Å²) >= 11 is 0. The van der Waals surface area contributed by atoms with Crippen molar-refractivity contribution < 1.29 is 4.74 Å². The standard InChI is InChI=1S/C12H23O/c1-10-7-5-6-8-11(10)13-9-12(2,3)4/h10-11H,1,5-9H2,2-4H3. The van der Waals surface area contributed by atoms with Gasteiger partial charge in [0.05, 0.1) is 12.7 Å². The average molecular weight is 183 g/mol. The summed E-state index contributed by atoms with van der Waals surface area (Å²) in [5.41, 5.74) is 0.289. The van der Waals surface area contributed by atoms with Crippen LogP contribution in [0.2, 0.25) is 0 Å². The van der Waals surface area contributed by atoms with Crippen molar-refractivity contribution in [3.8, 4) is 0 Å². The highest BCUT2D eigenvalue weighted by atomic mass is 16.5. The third-order valence-corrected chi connectivity index (χ3v) is 2.57. The highest BCUT2D eigenvalue weighted by Crippen LogP contribution is 2.27. The van der Waals surface area contributed by atoms with Crippen LogP contribution in [-0.4, -0.2) is 12.7 Å². The average Bonchev–Trinajstić information content (AvgIpc) is 2.01. The van der Waals surface area contributed by atoms with Crippen LogP contribution in [0.25, 0.3) is 0 Å². The Labute approximate surface area is 82.9 Å². The second-order valence-electron chi connectivity index (χ2n) is 5.45. The summed E-state index contributed by atoms with van der Waals surface area (Å²) in [6.07, 6.45) is 5.54. The van der Waals surface area contributed by atoms with Gasteiger partial charge in [0.1, 0.15) is 0 Å². The van der Waals surface area contributed by atoms with E-state index in [4.69, 9.17) is 4.74 Å². The van der Waals surface area contributed by atoms with Crippen LogP contribution in [0.4, 0.5) is 0 Å². The predicted octanol–water partition coefficient (Wildman–Crippen LogP) is 3.44. The number of hydrogen-bond acceptors (Lipinski definition) is 1. The van der Waals surface area contributed by atoms with E-state index in [1.165, 1.54) is 25.7 Å². The van der Waals surface area contributed by atoms with E-state index in [1.807, 2.05) is 0 Å². The predicted molar refractivity (Wildman–Crippen MR) is 56.5 cm³/mol. The minimum absolute atomic E-state index is 0.289. The van der Waals surface area contributed by atoms with Crippen molar-refractivity contribution in [2.24, 2.45) is 11.3 Å². The van der Waals surface area contributed by atoms with Gasteiger partial charge in [-0.05, 0) is 31.1 Å². The summed E-state index contributed by atoms with van der Waals surface area (Å²) in [7, 11) is 0. The van der Waals surface area contributed by atoms with Crippen LogP contribution >= 0.6 is 0 Å². The molecule has 2 atom stereocenters. The molecule has 0 amide bonds. The zero-order valence-electron chi connectivity index (χ0n) is 9.31. The van der Waals surface area contributed by atoms with E-state index in [0.29, 0.717) is 12.0 Å². The van der Waals surface area contributed by atoms with Crippen LogP contribution in [0.5, 0.6) is 0 Å². The molecule has 0 aliphatic heterocycles. The van der Waals surface area contributed by atoms with E-state index >= 15 is 0 Å². The van der Waals surface area contributed by atoms with Crippen LogP contribution in [0.1, 0.15) is 46.5 Å². The SMILES string of the molecule is [CH2]C1CCCCC1OCC(C)(C)C. The minimum Gasteiger partial charge on any atom is -0.377 e. The molecule has 77 valence electrons. The molecule has 1 aliphatic carbocycles. The molecule has 1 aliphatic rings. The van der Waals surface area contributed by atoms with Gasteiger partial charge in [0.15, 0.2) is 0 Å². The summed E-state index contributed by atoms with van der Waals surface area (Å²) in [5, 5.41) is 0. The summed E-state index contributed by atoms with van der Waals surface area (Å²) in [5.74, 6) is 0.524. The van der Waals surface area contributed by atoms with Crippen molar-refractivity contribution >= 4 is 0 Å². The van der Waals surface area contributed by atoms with Crippen LogP contribution in [0.3, 0.4) is 0 Å². The molecule has 1 rings (SSSR count). The minimum atomic E-state index is 0.289. The molecule has 1 nitrogen and oxygen atoms in total. The second-order valence-corrected chi connectivity index (χ2v) is 5.45. The Morgan fingerprint density at radius 3 is 2.38 bits per heavy atom. The van der Waals surface area contributed by atoms with Gasteiger partial charge in [-0.15, -0.1) is 0 Å². The first-order valence-electron chi connectivity index (χ1n) is 5.44. The first kappa shape index (κ1) is 11.0. The van der Waals surface area contributed by atoms with Gasteiger partial charge in [0.25, 0.3) is 0 Å². The van der Waals surface area contributed by atoms with Gasteiger partial charge in [-0.25, -0.2) is 0 Å². The van der Waals surface area contributed by atoms with Crippen LogP contribution in [0.15, 0.2) is 0 Å². The molecule has 0 saturated heterocycles. The lowest BCUT2D eigenvalue weighted by atomic mass is 9.87. The quantitative estimate of drug-likeness (QED) is 0.637. The van der Waals surface area contributed by atoms with Crippen LogP contribution in [-0.2, 0) is 4.74 Å². The topological polar surface area (TPSA) is 9.23 Å². The van der Waals surface area contributed by atoms with Gasteiger partial charge < -0.3 is 4.74 Å². The largest absolute Gasteiger partial charge is 0.377 e. The lowest BCUT2D eigenvalue weighted by Crippen LogP contribution is -2.29. The summed E-state index contributed by atoms with van der Waals surface area (Å²) in [6.45, 7) is 11.7. The zero-order valence-corrected chi connectivity index (χ0v) is 9.31. The normalized spacial score (nSPS) is 30.5. The maximum absolute atomic E-state index is 5.90. The monoisotopic (exact) mass is 183 g/mol. The van der Waals surface area contributed by atoms with E-state index in [0.717, 1.165) is 6.61 Å². The number of ether oxygens (including phenoxy) is 1. The highest BCUT2D eigenvalue weighted by Gasteiger charge is 2.23. The van der Waals surface area contributed by atoms with Crippen molar-refractivity contribution in [2.45, 2.75) is 52.6 Å². The first-order chi connectivity index (χ1) is 5.99. The molecule has 13 heavy (non-hydrogen) atoms. The third kappa shape index (κ3) is 4.12. The van der Waals surface area contributed by atoms with Gasteiger partial charge in [0.2, 0.25) is 0 Å². The van der Waals surface area contributed by atoms with Gasteiger partial charge in [-0.3, -0.25) is 0 Å². The van der Waals surface area contributed by atoms with Crippen LogP contribution in [0, 0.1) is 18.3 Å². The lowest BCUT2D eigenvalue weighted by molar-refractivity contribution is -0.0299. The fourth-order valence-electron chi connectivity index (χ4n) is 1.75. The zero-order chi connectivity index (χ0) is 9.90. The van der Waals surface area contributed by atoms with Crippen molar-refractivity contribution in [3.05, 3.63) is 6.92 Å². The lowest BCUT2D eigenvalue weighted by Gasteiger charge is -2.31. The Balaban J connectivity index is 2.27. The molecule has 0 heterocycles. The molecule has 1 fully saturated rings. The van der Waals surface area contributed by atoms with Gasteiger partial charge in [-0.2, -0.15) is 0 Å². The molecule has 0 bridgehead atoms. The van der Waals surface area contributed by atoms with E-state index in [2.05, 4.69) is 27.7 Å². The Bertz CT molecular complexity index is 146.